The van der Waals surface area contributed by atoms with Gasteiger partial charge in [0.2, 0.25) is 17.7 Å². The van der Waals surface area contributed by atoms with Crippen LogP contribution < -0.4 is 5.32 Å². The Morgan fingerprint density at radius 3 is 2.36 bits per heavy atom. The largest absolute Gasteiger partial charge is 0.325 e. The summed E-state index contributed by atoms with van der Waals surface area (Å²) in [5.74, 6) is -1.34. The van der Waals surface area contributed by atoms with Crippen LogP contribution in [0.25, 0.3) is 0 Å². The van der Waals surface area contributed by atoms with Gasteiger partial charge in [-0.3, -0.25) is 24.1 Å². The number of ketones is 1. The molecule has 0 aromatic heterocycles. The first kappa shape index (κ1) is 15.7. The van der Waals surface area contributed by atoms with Gasteiger partial charge in [0.15, 0.2) is 5.78 Å². The Morgan fingerprint density at radius 1 is 1.12 bits per heavy atom. The summed E-state index contributed by atoms with van der Waals surface area (Å²) in [4.78, 5) is 49.9. The number of likely N-dealkylation sites (tertiary alicyclic amines) is 1. The fourth-order valence-corrected chi connectivity index (χ4v) is 4.28. The maximum atomic E-state index is 12.6. The minimum absolute atomic E-state index is 0.100. The molecule has 0 spiro atoms. The lowest BCUT2D eigenvalue weighted by atomic mass is 9.85. The van der Waals surface area contributed by atoms with Gasteiger partial charge in [0.1, 0.15) is 6.54 Å². The van der Waals surface area contributed by atoms with Crippen molar-refractivity contribution in [3.8, 4) is 0 Å². The molecule has 0 radical (unpaired) electrons. The lowest BCUT2D eigenvalue weighted by molar-refractivity contribution is -0.143. The van der Waals surface area contributed by atoms with E-state index >= 15 is 0 Å². The van der Waals surface area contributed by atoms with Gasteiger partial charge >= 0.3 is 0 Å². The molecule has 4 atom stereocenters. The highest BCUT2D eigenvalue weighted by atomic mass is 16.2. The summed E-state index contributed by atoms with van der Waals surface area (Å²) in [7, 11) is 0. The van der Waals surface area contributed by atoms with Gasteiger partial charge in [0.25, 0.3) is 0 Å². The van der Waals surface area contributed by atoms with Crippen molar-refractivity contribution in [2.24, 2.45) is 23.7 Å². The Balaban J connectivity index is 1.45. The predicted octanol–water partition coefficient (Wildman–Crippen LogP) is 1.63. The zero-order chi connectivity index (χ0) is 17.7. The van der Waals surface area contributed by atoms with Gasteiger partial charge in [-0.05, 0) is 37.3 Å². The van der Waals surface area contributed by atoms with Crippen LogP contribution in [0.5, 0.6) is 0 Å². The average molecular weight is 338 g/mol. The molecule has 6 heteroatoms. The number of carbonyl (C=O) groups is 4. The number of hydrogen-bond donors (Lipinski definition) is 1. The molecule has 4 rings (SSSR count). The molecular weight excluding hydrogens is 320 g/mol. The van der Waals surface area contributed by atoms with Crippen LogP contribution in [0.3, 0.4) is 0 Å². The topological polar surface area (TPSA) is 83.6 Å². The van der Waals surface area contributed by atoms with Crippen LogP contribution >= 0.6 is 0 Å². The highest BCUT2D eigenvalue weighted by Crippen LogP contribution is 2.52. The molecule has 2 aliphatic carbocycles. The Labute approximate surface area is 144 Å². The fraction of sp³-hybridized carbons (Fsp3) is 0.368. The lowest BCUT2D eigenvalue weighted by Crippen LogP contribution is -2.39. The number of rotatable bonds is 4. The smallest absolute Gasteiger partial charge is 0.244 e. The molecule has 1 saturated heterocycles. The highest BCUT2D eigenvalue weighted by molar-refractivity contribution is 6.09. The van der Waals surface area contributed by atoms with Crippen molar-refractivity contribution in [3.05, 3.63) is 42.0 Å². The van der Waals surface area contributed by atoms with E-state index in [0.717, 1.165) is 11.3 Å². The maximum Gasteiger partial charge on any atom is 0.244 e. The summed E-state index contributed by atoms with van der Waals surface area (Å²) < 4.78 is 0. The molecule has 3 aliphatic rings. The molecule has 3 amide bonds. The van der Waals surface area contributed by atoms with E-state index in [-0.39, 0.29) is 47.8 Å². The molecule has 0 unspecified atom stereocenters. The van der Waals surface area contributed by atoms with Crippen LogP contribution in [0.15, 0.2) is 36.4 Å². The van der Waals surface area contributed by atoms with E-state index in [9.17, 15) is 19.2 Å². The van der Waals surface area contributed by atoms with Crippen molar-refractivity contribution in [1.29, 1.82) is 0 Å². The molecule has 1 N–H and O–H groups in total. The maximum absolute atomic E-state index is 12.6. The quantitative estimate of drug-likeness (QED) is 0.514. The standard InChI is InChI=1S/C19H18N2O4/c1-10(22)11-3-2-4-14(8-11)20-15(23)9-21-18(24)16-12-5-6-13(7-12)17(16)19(21)25/h2-6,8,12-13,16-17H,7,9H2,1H3,(H,20,23)/t12-,13-,16+,17+/m1/s1. The van der Waals surface area contributed by atoms with E-state index in [4.69, 9.17) is 0 Å². The molecule has 1 heterocycles. The summed E-state index contributed by atoms with van der Waals surface area (Å²) in [6, 6.07) is 6.57. The van der Waals surface area contributed by atoms with E-state index in [1.54, 1.807) is 24.3 Å². The van der Waals surface area contributed by atoms with E-state index in [0.29, 0.717) is 11.3 Å². The van der Waals surface area contributed by atoms with Gasteiger partial charge in [-0.25, -0.2) is 0 Å². The molecule has 6 nitrogen and oxygen atoms in total. The van der Waals surface area contributed by atoms with Crippen LogP contribution in [0.1, 0.15) is 23.7 Å². The monoisotopic (exact) mass is 338 g/mol. The van der Waals surface area contributed by atoms with E-state index in [1.807, 2.05) is 12.2 Å². The third-order valence-corrected chi connectivity index (χ3v) is 5.42. The van der Waals surface area contributed by atoms with Gasteiger partial charge in [-0.15, -0.1) is 0 Å². The van der Waals surface area contributed by atoms with Gasteiger partial charge < -0.3 is 5.32 Å². The Kier molecular flexibility index (Phi) is 3.56. The summed E-state index contributed by atoms with van der Waals surface area (Å²) in [5, 5.41) is 2.66. The van der Waals surface area contributed by atoms with Crippen LogP contribution in [-0.4, -0.2) is 34.9 Å². The third kappa shape index (κ3) is 2.49. The first-order valence-electron chi connectivity index (χ1n) is 8.40. The second kappa shape index (κ2) is 5.65. The molecule has 1 aliphatic heterocycles. The summed E-state index contributed by atoms with van der Waals surface area (Å²) >= 11 is 0. The number of allylic oxidation sites excluding steroid dienone is 2. The molecule has 128 valence electrons. The molecule has 2 bridgehead atoms. The van der Waals surface area contributed by atoms with Crippen molar-refractivity contribution in [3.63, 3.8) is 0 Å². The first-order chi connectivity index (χ1) is 12.0. The van der Waals surface area contributed by atoms with Crippen LogP contribution in [-0.2, 0) is 14.4 Å². The van der Waals surface area contributed by atoms with Crippen LogP contribution in [0.2, 0.25) is 0 Å². The number of anilines is 1. The molecular formula is C19H18N2O4. The number of carbonyl (C=O) groups excluding carboxylic acids is 4. The zero-order valence-corrected chi connectivity index (χ0v) is 13.8. The number of imide groups is 1. The van der Waals surface area contributed by atoms with E-state index in [2.05, 4.69) is 5.32 Å². The number of amides is 3. The molecule has 1 aromatic carbocycles. The Bertz CT molecular complexity index is 798. The van der Waals surface area contributed by atoms with Gasteiger partial charge in [0, 0.05) is 11.3 Å². The van der Waals surface area contributed by atoms with Crippen LogP contribution in [0.4, 0.5) is 5.69 Å². The van der Waals surface area contributed by atoms with Gasteiger partial charge in [-0.2, -0.15) is 0 Å². The van der Waals surface area contributed by atoms with E-state index < -0.39 is 5.91 Å². The van der Waals surface area contributed by atoms with Gasteiger partial charge in [-0.1, -0.05) is 24.3 Å². The first-order valence-corrected chi connectivity index (χ1v) is 8.40. The molecule has 25 heavy (non-hydrogen) atoms. The zero-order valence-electron chi connectivity index (χ0n) is 13.8. The van der Waals surface area contributed by atoms with E-state index in [1.165, 1.54) is 6.92 Å². The van der Waals surface area contributed by atoms with Crippen molar-refractivity contribution >= 4 is 29.2 Å². The molecule has 2 fully saturated rings. The average Bonchev–Trinajstić information content (AvgIpc) is 3.25. The van der Waals surface area contributed by atoms with Crippen molar-refractivity contribution < 1.29 is 19.2 Å². The molecule has 1 saturated carbocycles. The second-order valence-corrected chi connectivity index (χ2v) is 6.95. The SMILES string of the molecule is CC(=O)c1cccc(NC(=O)CN2C(=O)[C@@H]3[C@@H](C2=O)[C@@H]2C=C[C@@H]3C2)c1. The van der Waals surface area contributed by atoms with Gasteiger partial charge in [0.05, 0.1) is 11.8 Å². The number of fused-ring (bicyclic) bond motifs is 5. The summed E-state index contributed by atoms with van der Waals surface area (Å²) in [6.07, 6.45) is 4.91. The Hall–Kier alpha value is -2.76. The second-order valence-electron chi connectivity index (χ2n) is 6.95. The summed E-state index contributed by atoms with van der Waals surface area (Å²) in [6.45, 7) is 1.16. The fourth-order valence-electron chi connectivity index (χ4n) is 4.28. The Morgan fingerprint density at radius 2 is 1.76 bits per heavy atom. The highest BCUT2D eigenvalue weighted by Gasteiger charge is 2.59. The number of Topliss-reactive ketones (excluding diaryl/α,β-unsaturated/α-hetero) is 1. The lowest BCUT2D eigenvalue weighted by Gasteiger charge is -2.17. The number of hydrogen-bond acceptors (Lipinski definition) is 4. The van der Waals surface area contributed by atoms with Crippen LogP contribution in [0, 0.1) is 23.7 Å². The minimum atomic E-state index is -0.442. The number of nitrogens with zero attached hydrogens (tertiary/aromatic N) is 1. The normalized spacial score (nSPS) is 29.2. The minimum Gasteiger partial charge on any atom is -0.325 e. The van der Waals surface area contributed by atoms with Crippen molar-refractivity contribution in [2.75, 3.05) is 11.9 Å². The summed E-state index contributed by atoms with van der Waals surface area (Å²) in [5.41, 5.74) is 0.960. The van der Waals surface area contributed by atoms with Crippen molar-refractivity contribution in [2.45, 2.75) is 13.3 Å². The third-order valence-electron chi connectivity index (χ3n) is 5.42. The number of nitrogens with one attached hydrogen (secondary N) is 1. The predicted molar refractivity (Wildman–Crippen MR) is 89.5 cm³/mol. The van der Waals surface area contributed by atoms with Crippen molar-refractivity contribution in [1.82, 2.24) is 4.90 Å². The number of benzene rings is 1. The molecule has 1 aromatic rings.